The van der Waals surface area contributed by atoms with Crippen LogP contribution in [0.25, 0.3) is 0 Å². The highest BCUT2D eigenvalue weighted by molar-refractivity contribution is 8.04. The zero-order valence-electron chi connectivity index (χ0n) is 17.3. The third-order valence-corrected chi connectivity index (χ3v) is 6.61. The van der Waals surface area contributed by atoms with E-state index in [0.29, 0.717) is 17.4 Å². The number of thioether (sulfide) groups is 1. The summed E-state index contributed by atoms with van der Waals surface area (Å²) in [5.74, 6) is 1.05. The molecule has 1 saturated heterocycles. The van der Waals surface area contributed by atoms with Crippen molar-refractivity contribution in [1.29, 1.82) is 0 Å². The van der Waals surface area contributed by atoms with Gasteiger partial charge in [0.1, 0.15) is 5.75 Å². The summed E-state index contributed by atoms with van der Waals surface area (Å²) in [6.07, 6.45) is 3.69. The fourth-order valence-electron chi connectivity index (χ4n) is 3.97. The largest absolute Gasteiger partial charge is 0.497 e. The summed E-state index contributed by atoms with van der Waals surface area (Å²) in [6, 6.07) is 15.5. The van der Waals surface area contributed by atoms with E-state index >= 15 is 0 Å². The van der Waals surface area contributed by atoms with E-state index in [4.69, 9.17) is 4.74 Å². The molecule has 0 aliphatic carbocycles. The first-order valence-corrected chi connectivity index (χ1v) is 11.1. The zero-order valence-corrected chi connectivity index (χ0v) is 18.2. The lowest BCUT2D eigenvalue weighted by molar-refractivity contribution is -0.128. The number of piperidine rings is 1. The quantitative estimate of drug-likeness (QED) is 0.682. The molecule has 2 aromatic rings. The Labute approximate surface area is 181 Å². The minimum atomic E-state index is -0.139. The standard InChI is InChI=1S/C24H26N2O3S/c1-17-7-6-12-25(15-17)23(27)14-22-24(28)26(20-10-3-4-11-21(20)30-22)16-18-8-5-9-19(13-18)29-2/h3-5,8-11,13-14,17H,6-7,12,15-16H2,1-2H3/b22-14+/t17-/m0/s1. The number of likely N-dealkylation sites (tertiary alicyclic amines) is 1. The molecule has 0 unspecified atom stereocenters. The van der Waals surface area contributed by atoms with Gasteiger partial charge in [-0.05, 0) is 48.6 Å². The first-order valence-electron chi connectivity index (χ1n) is 10.3. The molecule has 0 N–H and O–H groups in total. The van der Waals surface area contributed by atoms with Crippen LogP contribution >= 0.6 is 11.8 Å². The molecule has 1 fully saturated rings. The van der Waals surface area contributed by atoms with E-state index in [2.05, 4.69) is 6.92 Å². The topological polar surface area (TPSA) is 49.9 Å². The van der Waals surface area contributed by atoms with Crippen molar-refractivity contribution in [2.24, 2.45) is 5.92 Å². The van der Waals surface area contributed by atoms with Crippen molar-refractivity contribution in [3.8, 4) is 5.75 Å². The number of fused-ring (bicyclic) bond motifs is 1. The van der Waals surface area contributed by atoms with Gasteiger partial charge < -0.3 is 14.5 Å². The van der Waals surface area contributed by atoms with Gasteiger partial charge in [0.2, 0.25) is 5.91 Å². The third-order valence-electron chi connectivity index (χ3n) is 5.53. The summed E-state index contributed by atoms with van der Waals surface area (Å²) in [5, 5.41) is 0. The lowest BCUT2D eigenvalue weighted by Gasteiger charge is -2.32. The van der Waals surface area contributed by atoms with Gasteiger partial charge in [-0.15, -0.1) is 0 Å². The van der Waals surface area contributed by atoms with Crippen molar-refractivity contribution < 1.29 is 14.3 Å². The number of carbonyl (C=O) groups excluding carboxylic acids is 2. The second-order valence-corrected chi connectivity index (χ2v) is 8.94. The SMILES string of the molecule is COc1cccc(CN2C(=O)/C(=C\C(=O)N3CCC[C@H](C)C3)Sc3ccccc32)c1. The maximum atomic E-state index is 13.4. The number of nitrogens with zero attached hydrogens (tertiary/aromatic N) is 2. The Morgan fingerprint density at radius 1 is 1.23 bits per heavy atom. The summed E-state index contributed by atoms with van der Waals surface area (Å²) in [4.78, 5) is 31.3. The van der Waals surface area contributed by atoms with E-state index in [1.807, 2.05) is 53.4 Å². The maximum absolute atomic E-state index is 13.4. The highest BCUT2D eigenvalue weighted by atomic mass is 32.2. The van der Waals surface area contributed by atoms with E-state index < -0.39 is 0 Å². The van der Waals surface area contributed by atoms with Crippen LogP contribution in [0.2, 0.25) is 0 Å². The number of methoxy groups -OCH3 is 1. The number of anilines is 1. The van der Waals surface area contributed by atoms with Crippen molar-refractivity contribution in [3.63, 3.8) is 0 Å². The van der Waals surface area contributed by atoms with Gasteiger partial charge in [-0.1, -0.05) is 43.0 Å². The molecule has 2 amide bonds. The average Bonchev–Trinajstić information content (AvgIpc) is 2.76. The summed E-state index contributed by atoms with van der Waals surface area (Å²) in [5.41, 5.74) is 1.84. The van der Waals surface area contributed by atoms with E-state index in [1.165, 1.54) is 17.8 Å². The number of hydrogen-bond acceptors (Lipinski definition) is 4. The highest BCUT2D eigenvalue weighted by Gasteiger charge is 2.30. The molecule has 2 aliphatic rings. The Balaban J connectivity index is 1.63. The fraction of sp³-hybridized carbons (Fsp3) is 0.333. The molecule has 0 aromatic heterocycles. The van der Waals surface area contributed by atoms with Gasteiger partial charge in [0.15, 0.2) is 0 Å². The Hall–Kier alpha value is -2.73. The van der Waals surface area contributed by atoms with Gasteiger partial charge in [0, 0.05) is 24.1 Å². The van der Waals surface area contributed by atoms with Crippen molar-refractivity contribution in [2.75, 3.05) is 25.1 Å². The van der Waals surface area contributed by atoms with Crippen LogP contribution in [0.3, 0.4) is 0 Å². The molecule has 2 aromatic carbocycles. The maximum Gasteiger partial charge on any atom is 0.265 e. The van der Waals surface area contributed by atoms with Crippen LogP contribution < -0.4 is 9.64 Å². The van der Waals surface area contributed by atoms with E-state index in [-0.39, 0.29) is 11.8 Å². The van der Waals surface area contributed by atoms with Gasteiger partial charge in [-0.2, -0.15) is 0 Å². The van der Waals surface area contributed by atoms with Crippen LogP contribution in [0.1, 0.15) is 25.3 Å². The number of carbonyl (C=O) groups is 2. The number of para-hydroxylation sites is 1. The molecule has 2 heterocycles. The molecule has 4 rings (SSSR count). The van der Waals surface area contributed by atoms with Gasteiger partial charge in [-0.25, -0.2) is 0 Å². The highest BCUT2D eigenvalue weighted by Crippen LogP contribution is 2.42. The fourth-order valence-corrected chi connectivity index (χ4v) is 4.99. The molecular weight excluding hydrogens is 396 g/mol. The molecule has 5 nitrogen and oxygen atoms in total. The minimum Gasteiger partial charge on any atom is -0.497 e. The van der Waals surface area contributed by atoms with Crippen LogP contribution in [0.5, 0.6) is 5.75 Å². The molecule has 1 atom stereocenters. The van der Waals surface area contributed by atoms with Crippen molar-refractivity contribution in [2.45, 2.75) is 31.2 Å². The average molecular weight is 423 g/mol. The molecule has 0 saturated carbocycles. The number of ether oxygens (including phenoxy) is 1. The molecule has 2 aliphatic heterocycles. The van der Waals surface area contributed by atoms with Crippen molar-refractivity contribution >= 4 is 29.3 Å². The Bertz CT molecular complexity index is 988. The number of benzene rings is 2. The van der Waals surface area contributed by atoms with E-state index in [1.54, 1.807) is 12.0 Å². The van der Waals surface area contributed by atoms with Crippen LogP contribution in [0.15, 0.2) is 64.4 Å². The molecular formula is C24H26N2O3S. The third kappa shape index (κ3) is 4.38. The Morgan fingerprint density at radius 2 is 2.07 bits per heavy atom. The zero-order chi connectivity index (χ0) is 21.1. The first-order chi connectivity index (χ1) is 14.5. The number of amides is 2. The summed E-state index contributed by atoms with van der Waals surface area (Å²) < 4.78 is 5.32. The monoisotopic (exact) mass is 422 g/mol. The van der Waals surface area contributed by atoms with Crippen molar-refractivity contribution in [1.82, 2.24) is 4.90 Å². The smallest absolute Gasteiger partial charge is 0.265 e. The number of hydrogen-bond donors (Lipinski definition) is 0. The van der Waals surface area contributed by atoms with Crippen LogP contribution in [-0.4, -0.2) is 36.9 Å². The molecule has 6 heteroatoms. The second kappa shape index (κ2) is 8.96. The molecule has 0 bridgehead atoms. The molecule has 0 spiro atoms. The van der Waals surface area contributed by atoms with Crippen LogP contribution in [0, 0.1) is 5.92 Å². The summed E-state index contributed by atoms with van der Waals surface area (Å²) >= 11 is 1.38. The molecule has 156 valence electrons. The Morgan fingerprint density at radius 3 is 2.87 bits per heavy atom. The molecule has 0 radical (unpaired) electrons. The predicted molar refractivity (Wildman–Crippen MR) is 120 cm³/mol. The van der Waals surface area contributed by atoms with Crippen molar-refractivity contribution in [3.05, 3.63) is 65.1 Å². The predicted octanol–water partition coefficient (Wildman–Crippen LogP) is 4.48. The van der Waals surface area contributed by atoms with Gasteiger partial charge in [0.25, 0.3) is 5.91 Å². The lowest BCUT2D eigenvalue weighted by Crippen LogP contribution is -2.39. The van der Waals surface area contributed by atoms with Crippen LogP contribution in [0.4, 0.5) is 5.69 Å². The van der Waals surface area contributed by atoms with Gasteiger partial charge >= 0.3 is 0 Å². The minimum absolute atomic E-state index is 0.0712. The first kappa shape index (κ1) is 20.5. The van der Waals surface area contributed by atoms with E-state index in [0.717, 1.165) is 47.8 Å². The lowest BCUT2D eigenvalue weighted by atomic mass is 10.0. The summed E-state index contributed by atoms with van der Waals surface area (Å²) in [7, 11) is 1.63. The Kier molecular flexibility index (Phi) is 6.13. The van der Waals surface area contributed by atoms with E-state index in [9.17, 15) is 9.59 Å². The number of rotatable bonds is 4. The normalized spacial score (nSPS) is 20.3. The van der Waals surface area contributed by atoms with Crippen LogP contribution in [-0.2, 0) is 16.1 Å². The van der Waals surface area contributed by atoms with Gasteiger partial charge in [-0.3, -0.25) is 9.59 Å². The van der Waals surface area contributed by atoms with Gasteiger partial charge in [0.05, 0.1) is 24.2 Å². The second-order valence-electron chi connectivity index (χ2n) is 7.85. The molecule has 30 heavy (non-hydrogen) atoms. The summed E-state index contributed by atoms with van der Waals surface area (Å²) in [6.45, 7) is 4.10.